The second kappa shape index (κ2) is 4.08. The molecule has 1 amide bonds. The zero-order chi connectivity index (χ0) is 11.7. The van der Waals surface area contributed by atoms with Gasteiger partial charge in [0.1, 0.15) is 5.82 Å². The molecule has 1 heterocycles. The van der Waals surface area contributed by atoms with E-state index in [9.17, 15) is 13.6 Å². The van der Waals surface area contributed by atoms with Crippen molar-refractivity contribution in [2.75, 3.05) is 18.8 Å². The van der Waals surface area contributed by atoms with Gasteiger partial charge in [-0.05, 0) is 25.0 Å². The molecule has 0 saturated carbocycles. The number of hydrogen-bond donors (Lipinski definition) is 1. The van der Waals surface area contributed by atoms with E-state index >= 15 is 0 Å². The summed E-state index contributed by atoms with van der Waals surface area (Å²) in [5, 5.41) is 0. The minimum atomic E-state index is -0.835. The van der Waals surface area contributed by atoms with E-state index in [1.54, 1.807) is 0 Å². The molecule has 0 bridgehead atoms. The minimum absolute atomic E-state index is 0.278. The molecule has 16 heavy (non-hydrogen) atoms. The van der Waals surface area contributed by atoms with Crippen LogP contribution in [0, 0.1) is 11.6 Å². The Morgan fingerprint density at radius 3 is 2.50 bits per heavy atom. The van der Waals surface area contributed by atoms with E-state index in [1.807, 2.05) is 0 Å². The van der Waals surface area contributed by atoms with Crippen molar-refractivity contribution in [3.05, 3.63) is 29.3 Å². The first kappa shape index (κ1) is 10.9. The van der Waals surface area contributed by atoms with Crippen LogP contribution in [0.5, 0.6) is 0 Å². The van der Waals surface area contributed by atoms with Crippen LogP contribution in [0.3, 0.4) is 0 Å². The maximum Gasteiger partial charge on any atom is 0.257 e. The number of rotatable bonds is 1. The van der Waals surface area contributed by atoms with Crippen molar-refractivity contribution in [3.63, 3.8) is 0 Å². The van der Waals surface area contributed by atoms with Gasteiger partial charge in [0.2, 0.25) is 0 Å². The second-order valence-corrected chi connectivity index (χ2v) is 3.86. The molecular weight excluding hydrogens is 214 g/mol. The summed E-state index contributed by atoms with van der Waals surface area (Å²) in [7, 11) is 0. The van der Waals surface area contributed by atoms with Crippen molar-refractivity contribution < 1.29 is 13.6 Å². The van der Waals surface area contributed by atoms with Crippen LogP contribution < -0.4 is 5.73 Å². The molecule has 1 fully saturated rings. The first-order chi connectivity index (χ1) is 7.59. The van der Waals surface area contributed by atoms with Crippen molar-refractivity contribution in [2.24, 2.45) is 0 Å². The van der Waals surface area contributed by atoms with Gasteiger partial charge in [-0.25, -0.2) is 8.78 Å². The lowest BCUT2D eigenvalue weighted by atomic mass is 10.1. The Labute approximate surface area is 91.8 Å². The number of carbonyl (C=O) groups is 1. The van der Waals surface area contributed by atoms with Crippen LogP contribution in [-0.4, -0.2) is 23.9 Å². The number of nitrogens with two attached hydrogens (primary N) is 1. The average Bonchev–Trinajstić information content (AvgIpc) is 2.75. The lowest BCUT2D eigenvalue weighted by molar-refractivity contribution is 0.0788. The van der Waals surface area contributed by atoms with Gasteiger partial charge in [0.05, 0.1) is 11.3 Å². The largest absolute Gasteiger partial charge is 0.396 e. The highest BCUT2D eigenvalue weighted by atomic mass is 19.1. The highest BCUT2D eigenvalue weighted by Gasteiger charge is 2.23. The second-order valence-electron chi connectivity index (χ2n) is 3.86. The Morgan fingerprint density at radius 2 is 1.88 bits per heavy atom. The van der Waals surface area contributed by atoms with E-state index in [1.165, 1.54) is 4.90 Å². The Morgan fingerprint density at radius 1 is 1.25 bits per heavy atom. The molecule has 1 aliphatic heterocycles. The van der Waals surface area contributed by atoms with Gasteiger partial charge in [0.25, 0.3) is 5.91 Å². The molecule has 2 rings (SSSR count). The quantitative estimate of drug-likeness (QED) is 0.742. The molecule has 86 valence electrons. The zero-order valence-electron chi connectivity index (χ0n) is 8.67. The molecule has 2 N–H and O–H groups in total. The molecule has 1 saturated heterocycles. The third kappa shape index (κ3) is 1.85. The van der Waals surface area contributed by atoms with Crippen LogP contribution >= 0.6 is 0 Å². The molecule has 1 aromatic carbocycles. The van der Waals surface area contributed by atoms with Crippen molar-refractivity contribution in [1.82, 2.24) is 4.90 Å². The molecule has 0 atom stereocenters. The summed E-state index contributed by atoms with van der Waals surface area (Å²) in [4.78, 5) is 13.3. The standard InChI is InChI=1S/C11H12F2N2O/c12-7-5-8(10(13)9(14)6-7)11(16)15-3-1-2-4-15/h5-6H,1-4,14H2. The van der Waals surface area contributed by atoms with Gasteiger partial charge in [-0.2, -0.15) is 0 Å². The molecule has 0 aliphatic carbocycles. The fourth-order valence-corrected chi connectivity index (χ4v) is 1.86. The number of hydrogen-bond acceptors (Lipinski definition) is 2. The molecule has 0 aromatic heterocycles. The maximum atomic E-state index is 13.5. The van der Waals surface area contributed by atoms with Crippen molar-refractivity contribution >= 4 is 11.6 Å². The molecule has 1 aromatic rings. The summed E-state index contributed by atoms with van der Waals surface area (Å²) in [6, 6.07) is 1.77. The third-order valence-electron chi connectivity index (χ3n) is 2.69. The monoisotopic (exact) mass is 226 g/mol. The van der Waals surface area contributed by atoms with E-state index in [0.717, 1.165) is 25.0 Å². The van der Waals surface area contributed by atoms with Gasteiger partial charge in [-0.1, -0.05) is 0 Å². The minimum Gasteiger partial charge on any atom is -0.396 e. The molecular formula is C11H12F2N2O. The van der Waals surface area contributed by atoms with Crippen LogP contribution in [0.25, 0.3) is 0 Å². The average molecular weight is 226 g/mol. The molecule has 0 spiro atoms. The lowest BCUT2D eigenvalue weighted by Gasteiger charge is -2.16. The van der Waals surface area contributed by atoms with E-state index in [2.05, 4.69) is 0 Å². The Balaban J connectivity index is 2.35. The Bertz CT molecular complexity index is 428. The van der Waals surface area contributed by atoms with Crippen LogP contribution in [0.4, 0.5) is 14.5 Å². The SMILES string of the molecule is Nc1cc(F)cc(C(=O)N2CCCC2)c1F. The summed E-state index contributed by atoms with van der Waals surface area (Å²) < 4.78 is 26.6. The first-order valence-electron chi connectivity index (χ1n) is 5.13. The highest BCUT2D eigenvalue weighted by molar-refractivity contribution is 5.95. The number of amides is 1. The Kier molecular flexibility index (Phi) is 2.77. The predicted octanol–water partition coefficient (Wildman–Crippen LogP) is 1.78. The van der Waals surface area contributed by atoms with Crippen LogP contribution in [0.2, 0.25) is 0 Å². The fraction of sp³-hybridized carbons (Fsp3) is 0.364. The van der Waals surface area contributed by atoms with Gasteiger partial charge >= 0.3 is 0 Å². The van der Waals surface area contributed by atoms with Crippen LogP contribution in [-0.2, 0) is 0 Å². The van der Waals surface area contributed by atoms with E-state index in [0.29, 0.717) is 13.1 Å². The summed E-state index contributed by atoms with van der Waals surface area (Å²) >= 11 is 0. The third-order valence-corrected chi connectivity index (χ3v) is 2.69. The smallest absolute Gasteiger partial charge is 0.257 e. The number of carbonyl (C=O) groups excluding carboxylic acids is 1. The topological polar surface area (TPSA) is 46.3 Å². The van der Waals surface area contributed by atoms with Crippen LogP contribution in [0.1, 0.15) is 23.2 Å². The van der Waals surface area contributed by atoms with Crippen LogP contribution in [0.15, 0.2) is 12.1 Å². The number of benzene rings is 1. The zero-order valence-corrected chi connectivity index (χ0v) is 8.67. The molecule has 1 aliphatic rings. The number of likely N-dealkylation sites (tertiary alicyclic amines) is 1. The summed E-state index contributed by atoms with van der Waals surface area (Å²) in [6.45, 7) is 1.18. The first-order valence-corrected chi connectivity index (χ1v) is 5.13. The van der Waals surface area contributed by atoms with Gasteiger partial charge in [0.15, 0.2) is 5.82 Å². The summed E-state index contributed by atoms with van der Waals surface area (Å²) in [6.07, 6.45) is 1.80. The molecule has 3 nitrogen and oxygen atoms in total. The summed E-state index contributed by atoms with van der Waals surface area (Å²) in [5.74, 6) is -2.01. The summed E-state index contributed by atoms with van der Waals surface area (Å²) in [5.41, 5.74) is 4.66. The van der Waals surface area contributed by atoms with Gasteiger partial charge in [-0.3, -0.25) is 4.79 Å². The van der Waals surface area contributed by atoms with Gasteiger partial charge in [0, 0.05) is 13.1 Å². The van der Waals surface area contributed by atoms with E-state index in [4.69, 9.17) is 5.73 Å². The van der Waals surface area contributed by atoms with E-state index in [-0.39, 0.29) is 11.3 Å². The highest BCUT2D eigenvalue weighted by Crippen LogP contribution is 2.20. The molecule has 5 heteroatoms. The van der Waals surface area contributed by atoms with Crippen molar-refractivity contribution in [1.29, 1.82) is 0 Å². The fourth-order valence-electron chi connectivity index (χ4n) is 1.86. The van der Waals surface area contributed by atoms with Gasteiger partial charge < -0.3 is 10.6 Å². The number of halogens is 2. The molecule has 0 unspecified atom stereocenters. The van der Waals surface area contributed by atoms with Gasteiger partial charge in [-0.15, -0.1) is 0 Å². The maximum absolute atomic E-state index is 13.5. The normalized spacial score (nSPS) is 15.5. The number of nitrogens with zero attached hydrogens (tertiary/aromatic N) is 1. The lowest BCUT2D eigenvalue weighted by Crippen LogP contribution is -2.28. The number of anilines is 1. The van der Waals surface area contributed by atoms with Crippen molar-refractivity contribution in [3.8, 4) is 0 Å². The van der Waals surface area contributed by atoms with Crippen molar-refractivity contribution in [2.45, 2.75) is 12.8 Å². The van der Waals surface area contributed by atoms with E-state index < -0.39 is 17.5 Å². The Hall–Kier alpha value is -1.65. The molecule has 0 radical (unpaired) electrons. The number of nitrogen functional groups attached to an aromatic ring is 1. The predicted molar refractivity (Wildman–Crippen MR) is 55.9 cm³/mol.